The Morgan fingerprint density at radius 3 is 2.55 bits per heavy atom. The van der Waals surface area contributed by atoms with Gasteiger partial charge >= 0.3 is 12.1 Å². The average molecular weight is 460 g/mol. The monoisotopic (exact) mass is 459 g/mol. The Bertz CT molecular complexity index is 964. The first-order valence-corrected chi connectivity index (χ1v) is 11.1. The predicted molar refractivity (Wildman–Crippen MR) is 121 cm³/mol. The van der Waals surface area contributed by atoms with Gasteiger partial charge in [-0.1, -0.05) is 18.2 Å². The molecule has 2 aromatic rings. The molecule has 0 radical (unpaired) electrons. The first kappa shape index (κ1) is 24.6. The van der Waals surface area contributed by atoms with E-state index in [0.717, 1.165) is 0 Å². The lowest BCUT2D eigenvalue weighted by Gasteiger charge is -2.35. The van der Waals surface area contributed by atoms with Gasteiger partial charge in [0, 0.05) is 0 Å². The van der Waals surface area contributed by atoms with E-state index >= 15 is 0 Å². The molecule has 0 N–H and O–H groups in total. The summed E-state index contributed by atoms with van der Waals surface area (Å²) in [6.45, 7) is 11.8. The molecule has 1 amide bonds. The maximum absolute atomic E-state index is 12.9. The first-order valence-electron chi connectivity index (χ1n) is 11.1. The van der Waals surface area contributed by atoms with Crippen molar-refractivity contribution in [3.63, 3.8) is 0 Å². The molecular formula is C24H33N3O6. The number of amides is 1. The normalized spacial score (nSPS) is 17.6. The Morgan fingerprint density at radius 1 is 1.21 bits per heavy atom. The lowest BCUT2D eigenvalue weighted by molar-refractivity contribution is -0.0630. The first-order chi connectivity index (χ1) is 15.5. The van der Waals surface area contributed by atoms with E-state index in [2.05, 4.69) is 5.10 Å². The van der Waals surface area contributed by atoms with Crippen molar-refractivity contribution in [2.75, 3.05) is 13.2 Å². The molecular weight excluding hydrogens is 426 g/mol. The van der Waals surface area contributed by atoms with Crippen molar-refractivity contribution < 1.29 is 28.5 Å². The van der Waals surface area contributed by atoms with Crippen LogP contribution in [0.5, 0.6) is 5.75 Å². The third kappa shape index (κ3) is 6.25. The smallest absolute Gasteiger partial charge is 0.412 e. The Morgan fingerprint density at radius 2 is 1.91 bits per heavy atom. The van der Waals surface area contributed by atoms with E-state index in [-0.39, 0.29) is 38.1 Å². The largest absolute Gasteiger partial charge is 0.487 e. The predicted octanol–water partition coefficient (Wildman–Crippen LogP) is 4.01. The fraction of sp³-hybridized carbons (Fsp3) is 0.542. The maximum atomic E-state index is 12.9. The number of aromatic nitrogens is 2. The van der Waals surface area contributed by atoms with Gasteiger partial charge in [-0.05, 0) is 59.7 Å². The van der Waals surface area contributed by atoms with Gasteiger partial charge in [-0.15, -0.1) is 0 Å². The summed E-state index contributed by atoms with van der Waals surface area (Å²) in [7, 11) is 0. The molecule has 1 aliphatic rings. The molecule has 9 nitrogen and oxygen atoms in total. The van der Waals surface area contributed by atoms with Crippen LogP contribution in [0.3, 0.4) is 0 Å². The molecule has 1 aromatic heterocycles. The lowest BCUT2D eigenvalue weighted by Crippen LogP contribution is -2.51. The molecule has 9 heteroatoms. The molecule has 0 spiro atoms. The summed E-state index contributed by atoms with van der Waals surface area (Å²) in [6, 6.07) is 10.6. The molecule has 180 valence electrons. The van der Waals surface area contributed by atoms with E-state index in [1.807, 2.05) is 65.0 Å². The van der Waals surface area contributed by atoms with Crippen molar-refractivity contribution in [1.82, 2.24) is 14.7 Å². The molecule has 0 bridgehead atoms. The number of esters is 1. The van der Waals surface area contributed by atoms with Gasteiger partial charge in [0.05, 0.1) is 25.8 Å². The minimum Gasteiger partial charge on any atom is -0.487 e. The molecule has 0 saturated carbocycles. The third-order valence-corrected chi connectivity index (χ3v) is 4.99. The molecule has 0 aliphatic carbocycles. The van der Waals surface area contributed by atoms with E-state index in [9.17, 15) is 9.59 Å². The number of rotatable bonds is 7. The van der Waals surface area contributed by atoms with Gasteiger partial charge in [-0.3, -0.25) is 9.58 Å². The molecule has 1 fully saturated rings. The van der Waals surface area contributed by atoms with Gasteiger partial charge in [-0.2, -0.15) is 5.10 Å². The number of nitrogens with zero attached hydrogens (tertiary/aromatic N) is 3. The molecule has 3 rings (SSSR count). The maximum Gasteiger partial charge on any atom is 0.412 e. The topological polar surface area (TPSA) is 92.1 Å². The fourth-order valence-corrected chi connectivity index (χ4v) is 3.62. The Hall–Kier alpha value is -3.07. The van der Waals surface area contributed by atoms with Crippen LogP contribution in [0.2, 0.25) is 0 Å². The second kappa shape index (κ2) is 9.82. The van der Waals surface area contributed by atoms with E-state index < -0.39 is 23.4 Å². The van der Waals surface area contributed by atoms with Crippen molar-refractivity contribution in [3.05, 3.63) is 47.8 Å². The summed E-state index contributed by atoms with van der Waals surface area (Å²) >= 11 is 0. The Balaban J connectivity index is 1.83. The second-order valence-corrected chi connectivity index (χ2v) is 9.29. The Labute approximate surface area is 194 Å². The van der Waals surface area contributed by atoms with Gasteiger partial charge in [0.25, 0.3) is 0 Å². The van der Waals surface area contributed by atoms with E-state index in [1.54, 1.807) is 22.6 Å². The van der Waals surface area contributed by atoms with Crippen molar-refractivity contribution in [2.45, 2.75) is 72.1 Å². The highest BCUT2D eigenvalue weighted by Crippen LogP contribution is 2.30. The quantitative estimate of drug-likeness (QED) is 0.578. The number of carbonyl (C=O) groups is 2. The van der Waals surface area contributed by atoms with Crippen molar-refractivity contribution in [3.8, 4) is 5.75 Å². The van der Waals surface area contributed by atoms with Crippen LogP contribution < -0.4 is 4.74 Å². The Kier molecular flexibility index (Phi) is 7.31. The van der Waals surface area contributed by atoms with Gasteiger partial charge in [-0.25, -0.2) is 9.59 Å². The van der Waals surface area contributed by atoms with Crippen LogP contribution in [0.4, 0.5) is 4.79 Å². The average Bonchev–Trinajstić information content (AvgIpc) is 3.26. The molecule has 0 unspecified atom stereocenters. The van der Waals surface area contributed by atoms with Crippen LogP contribution in [0.25, 0.3) is 0 Å². The highest BCUT2D eigenvalue weighted by molar-refractivity contribution is 5.87. The second-order valence-electron chi connectivity index (χ2n) is 9.29. The summed E-state index contributed by atoms with van der Waals surface area (Å²) in [5.74, 6) is 0.213. The number of benzene rings is 1. The highest BCUT2D eigenvalue weighted by Gasteiger charge is 2.46. The molecule has 1 atom stereocenters. The molecule has 1 saturated heterocycles. The van der Waals surface area contributed by atoms with Crippen LogP contribution in [0.15, 0.2) is 36.4 Å². The van der Waals surface area contributed by atoms with Gasteiger partial charge in [0.15, 0.2) is 0 Å². The molecule has 33 heavy (non-hydrogen) atoms. The van der Waals surface area contributed by atoms with Gasteiger partial charge < -0.3 is 18.9 Å². The lowest BCUT2D eigenvalue weighted by atomic mass is 10.2. The van der Waals surface area contributed by atoms with E-state index in [4.69, 9.17) is 18.9 Å². The summed E-state index contributed by atoms with van der Waals surface area (Å²) < 4.78 is 24.0. The summed E-state index contributed by atoms with van der Waals surface area (Å²) in [5, 5.41) is 4.56. The molecule has 2 heterocycles. The van der Waals surface area contributed by atoms with Crippen LogP contribution in [0.1, 0.15) is 57.7 Å². The van der Waals surface area contributed by atoms with Crippen LogP contribution in [-0.4, -0.2) is 57.3 Å². The van der Waals surface area contributed by atoms with Crippen LogP contribution in [0, 0.1) is 0 Å². The third-order valence-electron chi connectivity index (χ3n) is 4.99. The number of ether oxygens (including phenoxy) is 4. The van der Waals surface area contributed by atoms with Crippen molar-refractivity contribution in [2.24, 2.45) is 0 Å². The van der Waals surface area contributed by atoms with Crippen LogP contribution in [-0.2, 0) is 27.4 Å². The number of para-hydroxylation sites is 1. The van der Waals surface area contributed by atoms with E-state index in [1.165, 1.54) is 0 Å². The van der Waals surface area contributed by atoms with Gasteiger partial charge in [0.2, 0.25) is 0 Å². The number of hydrogen-bond donors (Lipinski definition) is 0. The minimum absolute atomic E-state index is 0.186. The molecule has 1 aliphatic heterocycles. The fourth-order valence-electron chi connectivity index (χ4n) is 3.62. The highest BCUT2D eigenvalue weighted by atomic mass is 16.6. The number of carbonyl (C=O) groups excluding carboxylic acids is 2. The minimum atomic E-state index is -0.858. The summed E-state index contributed by atoms with van der Waals surface area (Å²) in [5.41, 5.74) is -0.644. The zero-order chi connectivity index (χ0) is 24.2. The van der Waals surface area contributed by atoms with Crippen molar-refractivity contribution >= 4 is 12.1 Å². The van der Waals surface area contributed by atoms with E-state index in [0.29, 0.717) is 11.4 Å². The van der Waals surface area contributed by atoms with Gasteiger partial charge in [0.1, 0.15) is 35.1 Å². The number of hydrogen-bond acceptors (Lipinski definition) is 7. The SMILES string of the molecule is CCOC(=O)c1cc(COc2ccccc2)nn1C[C@H]1COC(C)(C)N1C(=O)OC(C)(C)C. The van der Waals surface area contributed by atoms with Crippen molar-refractivity contribution in [1.29, 1.82) is 0 Å². The van der Waals surface area contributed by atoms with Crippen LogP contribution >= 0.6 is 0 Å². The summed E-state index contributed by atoms with van der Waals surface area (Å²) in [6.07, 6.45) is -0.479. The zero-order valence-corrected chi connectivity index (χ0v) is 20.2. The molecule has 1 aromatic carbocycles. The summed E-state index contributed by atoms with van der Waals surface area (Å²) in [4.78, 5) is 27.1. The standard InChI is InChI=1S/C24H33N3O6/c1-7-30-21(28)20-13-17(15-31-19-11-9-8-10-12-19)25-26(20)14-18-16-32-24(5,6)27(18)22(29)33-23(2,3)4/h8-13,18H,7,14-16H2,1-6H3/t18-/m0/s1. The zero-order valence-electron chi connectivity index (χ0n) is 20.2.